The van der Waals surface area contributed by atoms with Crippen molar-refractivity contribution >= 4 is 0 Å². The van der Waals surface area contributed by atoms with Gasteiger partial charge in [-0.2, -0.15) is 0 Å². The van der Waals surface area contributed by atoms with Gasteiger partial charge < -0.3 is 10.5 Å². The molecule has 2 atom stereocenters. The van der Waals surface area contributed by atoms with Gasteiger partial charge in [0, 0.05) is 19.1 Å². The molecule has 1 saturated heterocycles. The monoisotopic (exact) mass is 214 g/mol. The van der Waals surface area contributed by atoms with E-state index in [0.717, 1.165) is 25.9 Å². The number of nitrogens with zero attached hydrogens (tertiary/aromatic N) is 1. The van der Waals surface area contributed by atoms with Crippen molar-refractivity contribution in [1.82, 2.24) is 4.90 Å². The van der Waals surface area contributed by atoms with E-state index in [1.807, 2.05) is 0 Å². The Morgan fingerprint density at radius 1 is 1.47 bits per heavy atom. The molecule has 0 aromatic carbocycles. The Morgan fingerprint density at radius 2 is 2.13 bits per heavy atom. The van der Waals surface area contributed by atoms with Gasteiger partial charge in [0.2, 0.25) is 0 Å². The third-order valence-corrected chi connectivity index (χ3v) is 2.74. The van der Waals surface area contributed by atoms with Gasteiger partial charge in [-0.25, -0.2) is 0 Å². The Labute approximate surface area is 94.0 Å². The molecule has 15 heavy (non-hydrogen) atoms. The fourth-order valence-electron chi connectivity index (χ4n) is 2.13. The average molecular weight is 214 g/mol. The minimum absolute atomic E-state index is 0.0672. The predicted molar refractivity (Wildman–Crippen MR) is 63.7 cm³/mol. The first-order valence-electron chi connectivity index (χ1n) is 6.10. The molecule has 1 unspecified atom stereocenters. The number of likely N-dealkylation sites (tertiary alicyclic amines) is 1. The summed E-state index contributed by atoms with van der Waals surface area (Å²) in [5, 5.41) is 0. The van der Waals surface area contributed by atoms with Crippen molar-refractivity contribution in [2.75, 3.05) is 13.1 Å². The molecule has 1 rings (SSSR count). The zero-order valence-corrected chi connectivity index (χ0v) is 10.6. The van der Waals surface area contributed by atoms with Crippen molar-refractivity contribution in [3.05, 3.63) is 0 Å². The summed E-state index contributed by atoms with van der Waals surface area (Å²) >= 11 is 0. The van der Waals surface area contributed by atoms with Crippen molar-refractivity contribution < 1.29 is 4.74 Å². The summed E-state index contributed by atoms with van der Waals surface area (Å²) in [4.78, 5) is 2.39. The molecule has 3 nitrogen and oxygen atoms in total. The van der Waals surface area contributed by atoms with Gasteiger partial charge in [0.1, 0.15) is 6.23 Å². The van der Waals surface area contributed by atoms with E-state index in [1.165, 1.54) is 6.42 Å². The van der Waals surface area contributed by atoms with E-state index in [0.29, 0.717) is 6.04 Å². The Hall–Kier alpha value is -0.120. The van der Waals surface area contributed by atoms with Crippen LogP contribution in [0.25, 0.3) is 0 Å². The highest BCUT2D eigenvalue weighted by atomic mass is 16.5. The summed E-state index contributed by atoms with van der Waals surface area (Å²) in [5.41, 5.74) is 5.92. The fraction of sp³-hybridized carbons (Fsp3) is 1.00. The molecule has 0 saturated carbocycles. The van der Waals surface area contributed by atoms with Crippen LogP contribution >= 0.6 is 0 Å². The number of ether oxygens (including phenoxy) is 1. The molecule has 0 bridgehead atoms. The molecule has 0 radical (unpaired) electrons. The molecule has 0 aliphatic carbocycles. The summed E-state index contributed by atoms with van der Waals surface area (Å²) in [6, 6.07) is 0.330. The van der Waals surface area contributed by atoms with Crippen molar-refractivity contribution in [2.24, 2.45) is 5.73 Å². The van der Waals surface area contributed by atoms with Gasteiger partial charge in [0.15, 0.2) is 0 Å². The summed E-state index contributed by atoms with van der Waals surface area (Å²) < 4.78 is 6.05. The first-order chi connectivity index (χ1) is 6.92. The summed E-state index contributed by atoms with van der Waals surface area (Å²) in [7, 11) is 0. The molecule has 3 heteroatoms. The van der Waals surface area contributed by atoms with Crippen LogP contribution in [0.5, 0.6) is 0 Å². The van der Waals surface area contributed by atoms with Gasteiger partial charge in [-0.3, -0.25) is 4.90 Å². The number of rotatable bonds is 3. The van der Waals surface area contributed by atoms with Crippen LogP contribution in [0.4, 0.5) is 0 Å². The van der Waals surface area contributed by atoms with Crippen molar-refractivity contribution in [3.63, 3.8) is 0 Å². The Balaban J connectivity index is 2.50. The zero-order valence-electron chi connectivity index (χ0n) is 10.6. The molecule has 0 aromatic rings. The number of piperidine rings is 1. The van der Waals surface area contributed by atoms with Gasteiger partial charge in [-0.05, 0) is 40.0 Å². The summed E-state index contributed by atoms with van der Waals surface area (Å²) in [6.45, 7) is 10.6. The van der Waals surface area contributed by atoms with Crippen LogP contribution in [0.3, 0.4) is 0 Å². The lowest BCUT2D eigenvalue weighted by atomic mass is 10.1. The van der Waals surface area contributed by atoms with Crippen LogP contribution in [0, 0.1) is 0 Å². The number of hydrogen-bond acceptors (Lipinski definition) is 3. The van der Waals surface area contributed by atoms with Crippen LogP contribution in [-0.2, 0) is 4.74 Å². The first-order valence-corrected chi connectivity index (χ1v) is 6.10. The lowest BCUT2D eigenvalue weighted by Crippen LogP contribution is -2.50. The van der Waals surface area contributed by atoms with E-state index in [-0.39, 0.29) is 11.8 Å². The second-order valence-electron chi connectivity index (χ2n) is 5.49. The number of nitrogens with two attached hydrogens (primary N) is 1. The van der Waals surface area contributed by atoms with Crippen molar-refractivity contribution in [1.29, 1.82) is 0 Å². The Morgan fingerprint density at radius 3 is 2.60 bits per heavy atom. The van der Waals surface area contributed by atoms with E-state index in [2.05, 4.69) is 32.6 Å². The second kappa shape index (κ2) is 5.28. The highest BCUT2D eigenvalue weighted by Crippen LogP contribution is 2.19. The van der Waals surface area contributed by atoms with Gasteiger partial charge in [0.05, 0.1) is 5.60 Å². The average Bonchev–Trinajstić information content (AvgIpc) is 2.13. The maximum absolute atomic E-state index is 6.05. The van der Waals surface area contributed by atoms with Crippen molar-refractivity contribution in [3.8, 4) is 0 Å². The smallest absolute Gasteiger partial charge is 0.111 e. The van der Waals surface area contributed by atoms with Crippen LogP contribution in [0.1, 0.15) is 47.0 Å². The number of hydrogen-bond donors (Lipinski definition) is 1. The summed E-state index contributed by atoms with van der Waals surface area (Å²) in [6.07, 6.45) is 3.62. The van der Waals surface area contributed by atoms with E-state index < -0.39 is 0 Å². The lowest BCUT2D eigenvalue weighted by molar-refractivity contribution is -0.139. The van der Waals surface area contributed by atoms with E-state index in [9.17, 15) is 0 Å². The van der Waals surface area contributed by atoms with Crippen LogP contribution in [0.2, 0.25) is 0 Å². The van der Waals surface area contributed by atoms with E-state index in [1.54, 1.807) is 0 Å². The quantitative estimate of drug-likeness (QED) is 0.780. The zero-order chi connectivity index (χ0) is 11.5. The fourth-order valence-corrected chi connectivity index (χ4v) is 2.13. The third kappa shape index (κ3) is 4.49. The van der Waals surface area contributed by atoms with Crippen molar-refractivity contribution in [2.45, 2.75) is 64.8 Å². The van der Waals surface area contributed by atoms with Crippen LogP contribution in [-0.4, -0.2) is 35.9 Å². The minimum atomic E-state index is -0.0672. The SMILES string of the molecule is CCC(OC(C)(C)C)N1CCC[C@@H](N)C1. The molecule has 90 valence electrons. The molecular weight excluding hydrogens is 188 g/mol. The highest BCUT2D eigenvalue weighted by Gasteiger charge is 2.26. The largest absolute Gasteiger partial charge is 0.358 e. The van der Waals surface area contributed by atoms with Gasteiger partial charge >= 0.3 is 0 Å². The Kier molecular flexibility index (Phi) is 4.56. The normalized spacial score (nSPS) is 26.6. The molecular formula is C12H26N2O. The van der Waals surface area contributed by atoms with Crippen LogP contribution < -0.4 is 5.73 Å². The molecule has 2 N–H and O–H groups in total. The molecule has 1 aliphatic heterocycles. The molecule has 1 fully saturated rings. The van der Waals surface area contributed by atoms with Gasteiger partial charge in [-0.15, -0.1) is 0 Å². The molecule has 0 spiro atoms. The molecule has 0 aromatic heterocycles. The predicted octanol–water partition coefficient (Wildman–Crippen LogP) is 1.96. The lowest BCUT2D eigenvalue weighted by Gasteiger charge is -2.39. The summed E-state index contributed by atoms with van der Waals surface area (Å²) in [5.74, 6) is 0. The standard InChI is InChI=1S/C12H26N2O/c1-5-11(15-12(2,3)4)14-8-6-7-10(13)9-14/h10-11H,5-9,13H2,1-4H3/t10-,11?/m1/s1. The maximum Gasteiger partial charge on any atom is 0.111 e. The molecule has 1 aliphatic rings. The maximum atomic E-state index is 6.05. The minimum Gasteiger partial charge on any atom is -0.358 e. The molecule has 1 heterocycles. The van der Waals surface area contributed by atoms with Crippen LogP contribution in [0.15, 0.2) is 0 Å². The first kappa shape index (κ1) is 12.9. The third-order valence-electron chi connectivity index (χ3n) is 2.74. The van der Waals surface area contributed by atoms with Gasteiger partial charge in [-0.1, -0.05) is 6.92 Å². The van der Waals surface area contributed by atoms with E-state index >= 15 is 0 Å². The van der Waals surface area contributed by atoms with E-state index in [4.69, 9.17) is 10.5 Å². The molecule has 0 amide bonds. The Bertz CT molecular complexity index is 189. The second-order valence-corrected chi connectivity index (χ2v) is 5.49. The highest BCUT2D eigenvalue weighted by molar-refractivity contribution is 4.78. The topological polar surface area (TPSA) is 38.5 Å². The van der Waals surface area contributed by atoms with Gasteiger partial charge in [0.25, 0.3) is 0 Å².